The van der Waals surface area contributed by atoms with Gasteiger partial charge in [-0.1, -0.05) is 5.16 Å². The summed E-state index contributed by atoms with van der Waals surface area (Å²) in [4.78, 5) is 15.8. The lowest BCUT2D eigenvalue weighted by molar-refractivity contribution is -0.139. The Hall–Kier alpha value is -3.29. The number of esters is 1. The van der Waals surface area contributed by atoms with Crippen molar-refractivity contribution in [3.63, 3.8) is 0 Å². The molecule has 0 aliphatic rings. The van der Waals surface area contributed by atoms with Crippen LogP contribution in [-0.4, -0.2) is 25.9 Å². The summed E-state index contributed by atoms with van der Waals surface area (Å²) < 4.78 is 24.7. The van der Waals surface area contributed by atoms with E-state index in [4.69, 9.17) is 9.26 Å². The van der Waals surface area contributed by atoms with Crippen molar-refractivity contribution in [3.8, 4) is 5.69 Å². The highest BCUT2D eigenvalue weighted by atomic mass is 19.1. The van der Waals surface area contributed by atoms with Crippen LogP contribution in [0.25, 0.3) is 11.8 Å². The number of hydrogen-bond acceptors (Lipinski definition) is 6. The first-order chi connectivity index (χ1) is 12.4. The summed E-state index contributed by atoms with van der Waals surface area (Å²) in [6.45, 7) is 5.30. The van der Waals surface area contributed by atoms with Crippen LogP contribution in [0.4, 0.5) is 4.39 Å². The first-order valence-electron chi connectivity index (χ1n) is 7.90. The molecule has 134 valence electrons. The first-order valence-corrected chi connectivity index (χ1v) is 7.90. The van der Waals surface area contributed by atoms with Gasteiger partial charge >= 0.3 is 5.97 Å². The van der Waals surface area contributed by atoms with Gasteiger partial charge in [-0.2, -0.15) is 10.1 Å². The molecule has 0 saturated carbocycles. The molecule has 0 unspecified atom stereocenters. The average Bonchev–Trinajstić information content (AvgIpc) is 3.15. The van der Waals surface area contributed by atoms with Crippen molar-refractivity contribution in [1.29, 1.82) is 0 Å². The minimum absolute atomic E-state index is 0.0865. The van der Waals surface area contributed by atoms with Gasteiger partial charge in [-0.25, -0.2) is 13.9 Å². The number of nitrogens with zero attached hydrogens (tertiary/aromatic N) is 4. The summed E-state index contributed by atoms with van der Waals surface area (Å²) in [5, 5.41) is 8.06. The van der Waals surface area contributed by atoms with E-state index in [1.54, 1.807) is 29.8 Å². The van der Waals surface area contributed by atoms with Crippen molar-refractivity contribution < 1.29 is 18.4 Å². The van der Waals surface area contributed by atoms with Gasteiger partial charge in [0.25, 0.3) is 5.89 Å². The number of aromatic nitrogens is 4. The third-order valence-electron chi connectivity index (χ3n) is 3.71. The van der Waals surface area contributed by atoms with E-state index in [0.29, 0.717) is 5.82 Å². The Balaban J connectivity index is 1.72. The Bertz CT molecular complexity index is 957. The molecule has 0 spiro atoms. The molecule has 0 fully saturated rings. The average molecular weight is 356 g/mol. The number of aryl methyl sites for hydroxylation is 2. The Morgan fingerprint density at radius 3 is 2.65 bits per heavy atom. The number of carbonyl (C=O) groups excluding carboxylic acids is 1. The standard InChI is InChI=1S/C18H17FN4O3/c1-11-16(8-9-18(24)25-10-17-20-13(3)22-26-17)12(2)23(21-11)15-6-4-14(19)5-7-15/h4-9H,10H2,1-3H3/b9-8+. The molecule has 2 heterocycles. The van der Waals surface area contributed by atoms with Crippen LogP contribution in [0.2, 0.25) is 0 Å². The Labute approximate surface area is 149 Å². The fourth-order valence-corrected chi connectivity index (χ4v) is 2.46. The highest BCUT2D eigenvalue weighted by Gasteiger charge is 2.12. The van der Waals surface area contributed by atoms with Crippen molar-refractivity contribution in [1.82, 2.24) is 19.9 Å². The smallest absolute Gasteiger partial charge is 0.331 e. The topological polar surface area (TPSA) is 83.0 Å². The number of halogens is 1. The highest BCUT2D eigenvalue weighted by Crippen LogP contribution is 2.19. The number of carbonyl (C=O) groups is 1. The summed E-state index contributed by atoms with van der Waals surface area (Å²) in [6, 6.07) is 6.03. The molecule has 0 saturated heterocycles. The quantitative estimate of drug-likeness (QED) is 0.516. The molecule has 0 atom stereocenters. The van der Waals surface area contributed by atoms with Crippen LogP contribution in [-0.2, 0) is 16.1 Å². The Morgan fingerprint density at radius 2 is 2.00 bits per heavy atom. The molecule has 8 heteroatoms. The van der Waals surface area contributed by atoms with Gasteiger partial charge in [0.05, 0.1) is 11.4 Å². The maximum absolute atomic E-state index is 13.1. The van der Waals surface area contributed by atoms with Gasteiger partial charge in [0.1, 0.15) is 5.82 Å². The van der Waals surface area contributed by atoms with E-state index in [9.17, 15) is 9.18 Å². The molecule has 0 aliphatic heterocycles. The van der Waals surface area contributed by atoms with Gasteiger partial charge in [-0.3, -0.25) is 0 Å². The van der Waals surface area contributed by atoms with Gasteiger partial charge < -0.3 is 9.26 Å². The summed E-state index contributed by atoms with van der Waals surface area (Å²) in [6.07, 6.45) is 2.95. The largest absolute Gasteiger partial charge is 0.452 e. The first kappa shape index (κ1) is 17.5. The molecule has 0 amide bonds. The normalized spacial score (nSPS) is 11.2. The molecular formula is C18H17FN4O3. The van der Waals surface area contributed by atoms with Crippen molar-refractivity contribution in [2.24, 2.45) is 0 Å². The molecule has 3 rings (SSSR count). The SMILES string of the molecule is Cc1noc(COC(=O)/C=C/c2c(C)nn(-c3ccc(F)cc3)c2C)n1. The summed E-state index contributed by atoms with van der Waals surface area (Å²) in [5.74, 6) is -0.129. The second-order valence-corrected chi connectivity index (χ2v) is 5.65. The Morgan fingerprint density at radius 1 is 1.27 bits per heavy atom. The molecule has 0 aliphatic carbocycles. The maximum Gasteiger partial charge on any atom is 0.331 e. The summed E-state index contributed by atoms with van der Waals surface area (Å²) in [7, 11) is 0. The molecule has 1 aromatic carbocycles. The molecule has 3 aromatic rings. The highest BCUT2D eigenvalue weighted by molar-refractivity contribution is 5.87. The predicted molar refractivity (Wildman–Crippen MR) is 90.9 cm³/mol. The van der Waals surface area contributed by atoms with Crippen molar-refractivity contribution in [2.75, 3.05) is 0 Å². The number of benzene rings is 1. The van der Waals surface area contributed by atoms with Crippen LogP contribution >= 0.6 is 0 Å². The summed E-state index contributed by atoms with van der Waals surface area (Å²) >= 11 is 0. The minimum Gasteiger partial charge on any atom is -0.452 e. The molecule has 2 aromatic heterocycles. The second kappa shape index (κ2) is 7.30. The lowest BCUT2D eigenvalue weighted by Crippen LogP contribution is -2.01. The molecule has 0 radical (unpaired) electrons. The van der Waals surface area contributed by atoms with E-state index in [1.807, 2.05) is 13.8 Å². The summed E-state index contributed by atoms with van der Waals surface area (Å²) in [5.41, 5.74) is 3.09. The van der Waals surface area contributed by atoms with Gasteiger partial charge in [0, 0.05) is 17.3 Å². The number of hydrogen-bond donors (Lipinski definition) is 0. The van der Waals surface area contributed by atoms with Crippen LogP contribution in [0.5, 0.6) is 0 Å². The van der Waals surface area contributed by atoms with E-state index in [0.717, 1.165) is 22.6 Å². The van der Waals surface area contributed by atoms with E-state index < -0.39 is 5.97 Å². The zero-order valence-corrected chi connectivity index (χ0v) is 14.6. The van der Waals surface area contributed by atoms with Crippen LogP contribution in [0.1, 0.15) is 28.7 Å². The van der Waals surface area contributed by atoms with Gasteiger partial charge in [-0.15, -0.1) is 0 Å². The molecule has 0 bridgehead atoms. The zero-order chi connectivity index (χ0) is 18.7. The fourth-order valence-electron chi connectivity index (χ4n) is 2.46. The second-order valence-electron chi connectivity index (χ2n) is 5.65. The van der Waals surface area contributed by atoms with E-state index in [-0.39, 0.29) is 18.3 Å². The van der Waals surface area contributed by atoms with Crippen molar-refractivity contribution >= 4 is 12.0 Å². The van der Waals surface area contributed by atoms with Gasteiger partial charge in [-0.05, 0) is 51.1 Å². The lowest BCUT2D eigenvalue weighted by Gasteiger charge is -2.04. The third kappa shape index (κ3) is 3.85. The zero-order valence-electron chi connectivity index (χ0n) is 14.6. The number of ether oxygens (including phenoxy) is 1. The predicted octanol–water partition coefficient (Wildman–Crippen LogP) is 3.08. The van der Waals surface area contributed by atoms with Gasteiger partial charge in [0.2, 0.25) is 0 Å². The van der Waals surface area contributed by atoms with Crippen LogP contribution in [0.3, 0.4) is 0 Å². The fraction of sp³-hybridized carbons (Fsp3) is 0.222. The number of rotatable bonds is 5. The molecular weight excluding hydrogens is 339 g/mol. The van der Waals surface area contributed by atoms with Crippen molar-refractivity contribution in [3.05, 3.63) is 64.8 Å². The van der Waals surface area contributed by atoms with E-state index in [1.165, 1.54) is 18.2 Å². The lowest BCUT2D eigenvalue weighted by atomic mass is 10.2. The third-order valence-corrected chi connectivity index (χ3v) is 3.71. The van der Waals surface area contributed by atoms with Crippen LogP contribution in [0.15, 0.2) is 34.9 Å². The van der Waals surface area contributed by atoms with Crippen LogP contribution < -0.4 is 0 Å². The van der Waals surface area contributed by atoms with Gasteiger partial charge in [0.15, 0.2) is 12.4 Å². The monoisotopic (exact) mass is 356 g/mol. The Kier molecular flexibility index (Phi) is 4.92. The van der Waals surface area contributed by atoms with Crippen molar-refractivity contribution in [2.45, 2.75) is 27.4 Å². The molecule has 7 nitrogen and oxygen atoms in total. The van der Waals surface area contributed by atoms with E-state index >= 15 is 0 Å². The van der Waals surface area contributed by atoms with E-state index in [2.05, 4.69) is 15.2 Å². The maximum atomic E-state index is 13.1. The minimum atomic E-state index is -0.533. The van der Waals surface area contributed by atoms with Crippen LogP contribution in [0, 0.1) is 26.6 Å². The molecule has 0 N–H and O–H groups in total. The molecule has 26 heavy (non-hydrogen) atoms.